The monoisotopic (exact) mass is 527 g/mol. The number of carbonyl (C=O) groups excluding carboxylic acids is 1. The first-order valence-electron chi connectivity index (χ1n) is 9.71. The number of hydrogen-bond acceptors (Lipinski definition) is 3. The van der Waals surface area contributed by atoms with Crippen LogP contribution >= 0.6 is 34.8 Å². The Labute approximate surface area is 203 Å². The van der Waals surface area contributed by atoms with Crippen molar-refractivity contribution in [2.24, 2.45) is 0 Å². The topological polar surface area (TPSA) is 51.3 Å². The Hall–Kier alpha value is -1.92. The lowest BCUT2D eigenvalue weighted by atomic mass is 9.96. The van der Waals surface area contributed by atoms with E-state index in [1.807, 2.05) is 0 Å². The van der Waals surface area contributed by atoms with Crippen LogP contribution in [-0.4, -0.2) is 36.4 Å². The number of carbonyl (C=O) groups is 1. The van der Waals surface area contributed by atoms with E-state index < -0.39 is 23.7 Å². The molecule has 0 radical (unpaired) electrons. The molecule has 0 saturated heterocycles. The number of benzene rings is 1. The van der Waals surface area contributed by atoms with Crippen LogP contribution in [0.25, 0.3) is 11.1 Å². The number of nitrogens with one attached hydrogen (secondary N) is 1. The minimum absolute atomic E-state index is 0.00765. The van der Waals surface area contributed by atoms with Crippen LogP contribution in [0, 0.1) is 17.7 Å². The van der Waals surface area contributed by atoms with Crippen LogP contribution in [0.2, 0.25) is 5.02 Å². The number of aromatic amines is 1. The number of aryl methyl sites for hydroxylation is 1. The Kier molecular flexibility index (Phi) is 10.4. The number of alkyl halides is 5. The van der Waals surface area contributed by atoms with Crippen LogP contribution in [0.5, 0.6) is 5.75 Å². The molecule has 0 amide bonds. The van der Waals surface area contributed by atoms with E-state index in [1.54, 1.807) is 0 Å². The number of ether oxygens (including phenoxy) is 2. The summed E-state index contributed by atoms with van der Waals surface area (Å²) < 4.78 is 65.8. The molecule has 1 N–H and O–H groups in total. The highest BCUT2D eigenvalue weighted by molar-refractivity contribution is 6.32. The van der Waals surface area contributed by atoms with Crippen LogP contribution < -0.4 is 4.74 Å². The van der Waals surface area contributed by atoms with Crippen molar-refractivity contribution in [3.05, 3.63) is 39.9 Å². The number of methoxy groups -OCH3 is 1. The van der Waals surface area contributed by atoms with Crippen molar-refractivity contribution in [3.8, 4) is 28.7 Å². The van der Waals surface area contributed by atoms with Gasteiger partial charge in [-0.25, -0.2) is 4.39 Å². The summed E-state index contributed by atoms with van der Waals surface area (Å²) in [4.78, 5) is 14.5. The molecule has 2 rings (SSSR count). The van der Waals surface area contributed by atoms with E-state index in [2.05, 4.69) is 16.8 Å². The minimum Gasteiger partial charge on any atom is -0.425 e. The number of esters is 1. The van der Waals surface area contributed by atoms with E-state index in [0.29, 0.717) is 0 Å². The molecule has 1 aromatic carbocycles. The fourth-order valence-electron chi connectivity index (χ4n) is 3.14. The molecule has 11 heteroatoms. The fraction of sp³-hybridized carbons (Fsp3) is 0.409. The zero-order chi connectivity index (χ0) is 24.6. The third-order valence-electron chi connectivity index (χ3n) is 4.46. The zero-order valence-corrected chi connectivity index (χ0v) is 19.7. The Bertz CT molecular complexity index is 1040. The van der Waals surface area contributed by atoms with Gasteiger partial charge in [0.15, 0.2) is 0 Å². The molecule has 2 aromatic rings. The molecule has 0 aliphatic carbocycles. The summed E-state index contributed by atoms with van der Waals surface area (Å²) in [6.07, 6.45) is -4.76. The number of H-pyrrole nitrogens is 1. The van der Waals surface area contributed by atoms with Gasteiger partial charge in [-0.1, -0.05) is 17.5 Å². The normalized spacial score (nSPS) is 11.3. The largest absolute Gasteiger partial charge is 0.431 e. The average molecular weight is 529 g/mol. The van der Waals surface area contributed by atoms with E-state index in [1.165, 1.54) is 7.11 Å². The molecule has 33 heavy (non-hydrogen) atoms. The number of aromatic nitrogens is 1. The molecule has 1 heterocycles. The van der Waals surface area contributed by atoms with Crippen molar-refractivity contribution in [1.29, 1.82) is 0 Å². The molecule has 0 bridgehead atoms. The second-order valence-corrected chi connectivity index (χ2v) is 7.89. The van der Waals surface area contributed by atoms with E-state index in [9.17, 15) is 22.4 Å². The molecular formula is C22H20Cl3F4NO3. The van der Waals surface area contributed by atoms with E-state index in [-0.39, 0.29) is 77.2 Å². The van der Waals surface area contributed by atoms with Gasteiger partial charge in [0.1, 0.15) is 23.9 Å². The first kappa shape index (κ1) is 27.3. The molecule has 0 saturated carbocycles. The molecule has 180 valence electrons. The van der Waals surface area contributed by atoms with Crippen molar-refractivity contribution in [2.45, 2.75) is 31.9 Å². The van der Waals surface area contributed by atoms with Crippen molar-refractivity contribution >= 4 is 40.8 Å². The predicted octanol–water partition coefficient (Wildman–Crippen LogP) is 6.39. The SMILES string of the molecule is COCC#CCCC(=O)Oc1cc(-c2c(CCCl)[nH]c(C(F)(F)F)c2CCCl)c(F)cc1Cl. The van der Waals surface area contributed by atoms with Crippen LogP contribution in [0.4, 0.5) is 17.6 Å². The molecule has 0 atom stereocenters. The first-order chi connectivity index (χ1) is 15.6. The standard InChI is InChI=1S/C22H20Cl3F4NO3/c1-32-10-4-2-3-5-19(31)33-18-11-14(16(26)12-15(18)25)20-13(6-8-23)21(22(27,28)29)30-17(20)7-9-24/h11-12,30H,3,5-10H2,1H3. The van der Waals surface area contributed by atoms with Gasteiger partial charge in [0.25, 0.3) is 0 Å². The Morgan fingerprint density at radius 1 is 1.15 bits per heavy atom. The van der Waals surface area contributed by atoms with Crippen molar-refractivity contribution < 1.29 is 31.8 Å². The summed E-state index contributed by atoms with van der Waals surface area (Å²) in [6, 6.07) is 1.98. The molecule has 0 aliphatic heterocycles. The molecule has 0 spiro atoms. The van der Waals surface area contributed by atoms with Crippen molar-refractivity contribution in [1.82, 2.24) is 4.98 Å². The van der Waals surface area contributed by atoms with E-state index in [4.69, 9.17) is 44.3 Å². The quantitative estimate of drug-likeness (QED) is 0.135. The van der Waals surface area contributed by atoms with Gasteiger partial charge in [-0.15, -0.1) is 29.1 Å². The van der Waals surface area contributed by atoms with Gasteiger partial charge in [0.2, 0.25) is 0 Å². The summed E-state index contributed by atoms with van der Waals surface area (Å²) in [5.74, 6) is 3.50. The molecule has 4 nitrogen and oxygen atoms in total. The maximum atomic E-state index is 14.9. The van der Waals surface area contributed by atoms with Gasteiger partial charge in [-0.3, -0.25) is 4.79 Å². The summed E-state index contributed by atoms with van der Waals surface area (Å²) in [5, 5.41) is -0.209. The molecule has 0 aliphatic rings. The van der Waals surface area contributed by atoms with Crippen LogP contribution in [0.15, 0.2) is 12.1 Å². The third-order valence-corrected chi connectivity index (χ3v) is 5.14. The lowest BCUT2D eigenvalue weighted by Crippen LogP contribution is -2.10. The van der Waals surface area contributed by atoms with Crippen molar-refractivity contribution in [2.75, 3.05) is 25.5 Å². The Morgan fingerprint density at radius 3 is 2.45 bits per heavy atom. The van der Waals surface area contributed by atoms with Gasteiger partial charge in [0.05, 0.1) is 11.4 Å². The van der Waals surface area contributed by atoms with Gasteiger partial charge in [-0.05, 0) is 24.1 Å². The number of hydrogen-bond donors (Lipinski definition) is 1. The molecule has 0 unspecified atom stereocenters. The minimum atomic E-state index is -4.72. The maximum Gasteiger partial charge on any atom is 0.431 e. The fourth-order valence-corrected chi connectivity index (χ4v) is 3.71. The summed E-state index contributed by atoms with van der Waals surface area (Å²) in [6.45, 7) is 0.216. The maximum absolute atomic E-state index is 14.9. The van der Waals surface area contributed by atoms with Gasteiger partial charge < -0.3 is 14.5 Å². The van der Waals surface area contributed by atoms with Gasteiger partial charge in [0, 0.05) is 48.5 Å². The van der Waals surface area contributed by atoms with Crippen LogP contribution in [0.1, 0.15) is 29.8 Å². The summed E-state index contributed by atoms with van der Waals surface area (Å²) in [7, 11) is 1.48. The van der Waals surface area contributed by atoms with Crippen LogP contribution in [-0.2, 0) is 28.5 Å². The lowest BCUT2D eigenvalue weighted by molar-refractivity contribution is -0.141. The Morgan fingerprint density at radius 2 is 1.85 bits per heavy atom. The van der Waals surface area contributed by atoms with Crippen molar-refractivity contribution in [3.63, 3.8) is 0 Å². The molecule has 0 fully saturated rings. The third kappa shape index (κ3) is 7.28. The second kappa shape index (κ2) is 12.5. The average Bonchev–Trinajstić information content (AvgIpc) is 3.09. The lowest BCUT2D eigenvalue weighted by Gasteiger charge is -2.13. The zero-order valence-electron chi connectivity index (χ0n) is 17.5. The predicted molar refractivity (Wildman–Crippen MR) is 120 cm³/mol. The van der Waals surface area contributed by atoms with Gasteiger partial charge >= 0.3 is 12.1 Å². The Balaban J connectivity index is 2.49. The van der Waals surface area contributed by atoms with E-state index in [0.717, 1.165) is 12.1 Å². The first-order valence-corrected chi connectivity index (χ1v) is 11.2. The van der Waals surface area contributed by atoms with E-state index >= 15 is 0 Å². The summed E-state index contributed by atoms with van der Waals surface area (Å²) in [5.41, 5.74) is -1.38. The van der Waals surface area contributed by atoms with Crippen LogP contribution in [0.3, 0.4) is 0 Å². The summed E-state index contributed by atoms with van der Waals surface area (Å²) >= 11 is 17.5. The highest BCUT2D eigenvalue weighted by Gasteiger charge is 2.38. The molecule has 1 aromatic heterocycles. The van der Waals surface area contributed by atoms with Gasteiger partial charge in [-0.2, -0.15) is 13.2 Å². The number of halogens is 7. The smallest absolute Gasteiger partial charge is 0.425 e. The highest BCUT2D eigenvalue weighted by Crippen LogP contribution is 2.42. The molecular weight excluding hydrogens is 509 g/mol. The second-order valence-electron chi connectivity index (χ2n) is 6.73. The number of rotatable bonds is 9. The highest BCUT2D eigenvalue weighted by atomic mass is 35.5.